The Morgan fingerprint density at radius 3 is 2.44 bits per heavy atom. The first-order valence-electron chi connectivity index (χ1n) is 7.02. The van der Waals surface area contributed by atoms with Crippen LogP contribution in [0.4, 0.5) is 0 Å². The van der Waals surface area contributed by atoms with E-state index in [-0.39, 0.29) is 5.54 Å². The number of rotatable bonds is 1. The highest BCUT2D eigenvalue weighted by molar-refractivity contribution is 6.30. The van der Waals surface area contributed by atoms with E-state index in [2.05, 4.69) is 23.5 Å². The van der Waals surface area contributed by atoms with Crippen molar-refractivity contribution in [1.29, 1.82) is 0 Å². The second kappa shape index (κ2) is 5.07. The van der Waals surface area contributed by atoms with Gasteiger partial charge in [-0.3, -0.25) is 0 Å². The van der Waals surface area contributed by atoms with E-state index in [0.717, 1.165) is 18.0 Å². The summed E-state index contributed by atoms with van der Waals surface area (Å²) >= 11 is 5.99. The van der Waals surface area contributed by atoms with E-state index in [1.807, 2.05) is 12.1 Å². The third kappa shape index (κ3) is 2.22. The third-order valence-electron chi connectivity index (χ3n) is 4.33. The maximum atomic E-state index is 5.99. The van der Waals surface area contributed by atoms with E-state index in [0.29, 0.717) is 0 Å². The van der Waals surface area contributed by atoms with Gasteiger partial charge >= 0.3 is 0 Å². The van der Waals surface area contributed by atoms with Crippen LogP contribution in [-0.4, -0.2) is 12.1 Å². The molecular formula is C16H20ClN. The number of halogens is 1. The van der Waals surface area contributed by atoms with Crippen LogP contribution in [0.3, 0.4) is 0 Å². The molecule has 1 heterocycles. The van der Waals surface area contributed by atoms with Crippen LogP contribution >= 0.6 is 11.6 Å². The minimum Gasteiger partial charge on any atom is -0.307 e. The van der Waals surface area contributed by atoms with Crippen molar-refractivity contribution in [3.05, 3.63) is 40.9 Å². The summed E-state index contributed by atoms with van der Waals surface area (Å²) in [7, 11) is 0. The van der Waals surface area contributed by atoms with Crippen LogP contribution in [0.2, 0.25) is 5.02 Å². The van der Waals surface area contributed by atoms with Gasteiger partial charge < -0.3 is 5.32 Å². The first-order chi connectivity index (χ1) is 8.80. The van der Waals surface area contributed by atoms with E-state index in [4.69, 9.17) is 11.6 Å². The lowest BCUT2D eigenvalue weighted by atomic mass is 9.72. The molecule has 1 N–H and O–H groups in total. The zero-order valence-electron chi connectivity index (χ0n) is 10.7. The second-order valence-corrected chi connectivity index (χ2v) is 5.92. The summed E-state index contributed by atoms with van der Waals surface area (Å²) in [4.78, 5) is 0. The zero-order valence-corrected chi connectivity index (χ0v) is 11.5. The maximum Gasteiger partial charge on any atom is 0.0437 e. The average Bonchev–Trinajstić information content (AvgIpc) is 2.42. The molecule has 96 valence electrons. The summed E-state index contributed by atoms with van der Waals surface area (Å²) in [5.74, 6) is 0. The SMILES string of the molecule is Clc1ccc(C2=CCCNC23CCCCC3)cc1. The summed E-state index contributed by atoms with van der Waals surface area (Å²) in [6, 6.07) is 8.33. The third-order valence-corrected chi connectivity index (χ3v) is 4.59. The molecule has 0 radical (unpaired) electrons. The minimum atomic E-state index is 0.240. The van der Waals surface area contributed by atoms with Crippen molar-refractivity contribution in [2.75, 3.05) is 6.54 Å². The van der Waals surface area contributed by atoms with Crippen LogP contribution in [0, 0.1) is 0 Å². The van der Waals surface area contributed by atoms with Crippen LogP contribution in [0.25, 0.3) is 5.57 Å². The number of hydrogen-bond donors (Lipinski definition) is 1. The van der Waals surface area contributed by atoms with Crippen LogP contribution in [0.15, 0.2) is 30.3 Å². The second-order valence-electron chi connectivity index (χ2n) is 5.48. The Hall–Kier alpha value is -0.790. The monoisotopic (exact) mass is 261 g/mol. The Bertz CT molecular complexity index is 441. The minimum absolute atomic E-state index is 0.240. The lowest BCUT2D eigenvalue weighted by Crippen LogP contribution is -2.49. The first kappa shape index (κ1) is 12.3. The van der Waals surface area contributed by atoms with E-state index in [1.54, 1.807) is 0 Å². The van der Waals surface area contributed by atoms with Gasteiger partial charge in [-0.2, -0.15) is 0 Å². The Morgan fingerprint density at radius 2 is 1.72 bits per heavy atom. The van der Waals surface area contributed by atoms with Crippen LogP contribution in [0.1, 0.15) is 44.1 Å². The topological polar surface area (TPSA) is 12.0 Å². The number of benzene rings is 1. The van der Waals surface area contributed by atoms with E-state index >= 15 is 0 Å². The van der Waals surface area contributed by atoms with E-state index in [9.17, 15) is 0 Å². The lowest BCUT2D eigenvalue weighted by Gasteiger charge is -2.43. The van der Waals surface area contributed by atoms with Crippen molar-refractivity contribution in [2.24, 2.45) is 0 Å². The molecule has 1 aromatic carbocycles. The summed E-state index contributed by atoms with van der Waals surface area (Å²) < 4.78 is 0. The molecule has 2 heteroatoms. The maximum absolute atomic E-state index is 5.99. The normalized spacial score (nSPS) is 22.8. The fraction of sp³-hybridized carbons (Fsp3) is 0.500. The molecule has 18 heavy (non-hydrogen) atoms. The van der Waals surface area contributed by atoms with Gasteiger partial charge in [-0.15, -0.1) is 0 Å². The molecule has 3 rings (SSSR count). The van der Waals surface area contributed by atoms with E-state index in [1.165, 1.54) is 43.2 Å². The first-order valence-corrected chi connectivity index (χ1v) is 7.40. The molecule has 1 aromatic rings. The van der Waals surface area contributed by atoms with Crippen molar-refractivity contribution >= 4 is 17.2 Å². The van der Waals surface area contributed by atoms with Crippen molar-refractivity contribution in [3.8, 4) is 0 Å². The molecule has 1 nitrogen and oxygen atoms in total. The van der Waals surface area contributed by atoms with Gasteiger partial charge in [0.15, 0.2) is 0 Å². The quantitative estimate of drug-likeness (QED) is 0.789. The molecule has 1 saturated carbocycles. The highest BCUT2D eigenvalue weighted by atomic mass is 35.5. The molecule has 1 spiro atoms. The van der Waals surface area contributed by atoms with Gasteiger partial charge in [-0.05, 0) is 49.1 Å². The van der Waals surface area contributed by atoms with Gasteiger partial charge in [0.2, 0.25) is 0 Å². The number of nitrogens with one attached hydrogen (secondary N) is 1. The van der Waals surface area contributed by atoms with Crippen LogP contribution in [-0.2, 0) is 0 Å². The largest absolute Gasteiger partial charge is 0.307 e. The molecule has 0 aromatic heterocycles. The molecule has 1 aliphatic heterocycles. The Kier molecular flexibility index (Phi) is 3.45. The summed E-state index contributed by atoms with van der Waals surface area (Å²) in [5, 5.41) is 4.62. The average molecular weight is 262 g/mol. The molecule has 0 unspecified atom stereocenters. The zero-order chi connectivity index (χ0) is 12.4. The fourth-order valence-corrected chi connectivity index (χ4v) is 3.57. The van der Waals surface area contributed by atoms with Crippen LogP contribution in [0.5, 0.6) is 0 Å². The Morgan fingerprint density at radius 1 is 1.00 bits per heavy atom. The molecule has 0 bridgehead atoms. The van der Waals surface area contributed by atoms with Crippen molar-refractivity contribution in [3.63, 3.8) is 0 Å². The predicted octanol–water partition coefficient (Wildman–Crippen LogP) is 4.42. The summed E-state index contributed by atoms with van der Waals surface area (Å²) in [6.07, 6.45) is 10.2. The highest BCUT2D eigenvalue weighted by Crippen LogP contribution is 2.41. The molecular weight excluding hydrogens is 242 g/mol. The molecule has 0 amide bonds. The van der Waals surface area contributed by atoms with Crippen molar-refractivity contribution < 1.29 is 0 Å². The van der Waals surface area contributed by atoms with Gasteiger partial charge in [0, 0.05) is 10.6 Å². The lowest BCUT2D eigenvalue weighted by molar-refractivity contribution is 0.295. The molecule has 0 atom stereocenters. The van der Waals surface area contributed by atoms with Crippen molar-refractivity contribution in [1.82, 2.24) is 5.32 Å². The standard InChI is InChI=1S/C16H20ClN/c17-14-8-6-13(7-9-14)15-5-4-12-18-16(15)10-2-1-3-11-16/h5-9,18H,1-4,10-12H2. The Labute approximate surface area is 114 Å². The predicted molar refractivity (Wildman–Crippen MR) is 77.9 cm³/mol. The molecule has 0 saturated heterocycles. The van der Waals surface area contributed by atoms with Crippen molar-refractivity contribution in [2.45, 2.75) is 44.1 Å². The fourth-order valence-electron chi connectivity index (χ4n) is 3.44. The van der Waals surface area contributed by atoms with Gasteiger partial charge in [0.25, 0.3) is 0 Å². The molecule has 2 aliphatic rings. The smallest absolute Gasteiger partial charge is 0.0437 e. The number of hydrogen-bond acceptors (Lipinski definition) is 1. The van der Waals surface area contributed by atoms with E-state index < -0.39 is 0 Å². The van der Waals surface area contributed by atoms with Gasteiger partial charge in [-0.1, -0.05) is 49.1 Å². The molecule has 1 aliphatic carbocycles. The van der Waals surface area contributed by atoms with Crippen LogP contribution < -0.4 is 5.32 Å². The highest BCUT2D eigenvalue weighted by Gasteiger charge is 2.37. The van der Waals surface area contributed by atoms with Gasteiger partial charge in [0.05, 0.1) is 0 Å². The van der Waals surface area contributed by atoms with Gasteiger partial charge in [-0.25, -0.2) is 0 Å². The van der Waals surface area contributed by atoms with Gasteiger partial charge in [0.1, 0.15) is 0 Å². The molecule has 1 fully saturated rings. The Balaban J connectivity index is 1.96. The summed E-state index contributed by atoms with van der Waals surface area (Å²) in [5.41, 5.74) is 3.09. The summed E-state index contributed by atoms with van der Waals surface area (Å²) in [6.45, 7) is 1.12.